The molecule has 0 saturated heterocycles. The molecule has 1 aromatic heterocycles. The van der Waals surface area contributed by atoms with Gasteiger partial charge in [-0.15, -0.1) is 0 Å². The molecule has 2 heterocycles. The third kappa shape index (κ3) is 1.24. The smallest absolute Gasteiger partial charge is 0.267 e. The fraction of sp³-hybridized carbons (Fsp3) is 0.333. The van der Waals surface area contributed by atoms with Gasteiger partial charge in [0.05, 0.1) is 6.04 Å². The number of aromatic nitrogens is 1. The summed E-state index contributed by atoms with van der Waals surface area (Å²) in [4.78, 5) is 21.6. The number of rotatable bonds is 2. The van der Waals surface area contributed by atoms with Crippen LogP contribution in [0.2, 0.25) is 0 Å². The van der Waals surface area contributed by atoms with E-state index in [1.54, 1.807) is 6.07 Å². The van der Waals surface area contributed by atoms with E-state index in [0.29, 0.717) is 18.7 Å². The molecule has 0 radical (unpaired) electrons. The number of carbonyl (C=O) groups is 2. The van der Waals surface area contributed by atoms with Crippen LogP contribution in [-0.2, 0) is 4.79 Å². The summed E-state index contributed by atoms with van der Waals surface area (Å²) in [7, 11) is 0. The zero-order valence-corrected chi connectivity index (χ0v) is 7.06. The molecular weight excluding hydrogens is 168 g/mol. The van der Waals surface area contributed by atoms with Crippen molar-refractivity contribution in [2.45, 2.75) is 12.5 Å². The maximum absolute atomic E-state index is 11.3. The Labute approximate surface area is 75.5 Å². The maximum atomic E-state index is 11.3. The minimum absolute atomic E-state index is 0.0628. The van der Waals surface area contributed by atoms with Gasteiger partial charge in [0.25, 0.3) is 5.91 Å². The largest absolute Gasteiger partial charge is 0.349 e. The van der Waals surface area contributed by atoms with Gasteiger partial charge < -0.3 is 14.7 Å². The van der Waals surface area contributed by atoms with Gasteiger partial charge in [-0.2, -0.15) is 0 Å². The van der Waals surface area contributed by atoms with Crippen LogP contribution < -0.4 is 5.32 Å². The number of fused-ring (bicyclic) bond motifs is 1. The average Bonchev–Trinajstić information content (AvgIpc) is 2.59. The van der Waals surface area contributed by atoms with Crippen LogP contribution in [-0.4, -0.2) is 23.3 Å². The summed E-state index contributed by atoms with van der Waals surface area (Å²) in [6, 6.07) is 3.66. The normalized spacial score (nSPS) is 20.6. The molecule has 2 rings (SSSR count). The van der Waals surface area contributed by atoms with Crippen LogP contribution in [0.15, 0.2) is 18.3 Å². The van der Waals surface area contributed by atoms with Gasteiger partial charge >= 0.3 is 0 Å². The molecule has 68 valence electrons. The predicted molar refractivity (Wildman–Crippen MR) is 46.5 cm³/mol. The minimum atomic E-state index is -0.0628. The summed E-state index contributed by atoms with van der Waals surface area (Å²) < 4.78 is 1.85. The Morgan fingerprint density at radius 1 is 1.69 bits per heavy atom. The Bertz CT molecular complexity index is 343. The van der Waals surface area contributed by atoms with Crippen LogP contribution in [0.25, 0.3) is 0 Å². The van der Waals surface area contributed by atoms with Gasteiger partial charge in [-0.25, -0.2) is 0 Å². The van der Waals surface area contributed by atoms with Crippen molar-refractivity contribution in [2.24, 2.45) is 0 Å². The standard InChI is InChI=1S/C9H10N2O2/c12-5-3-7-6-10-9(13)8-2-1-4-11(7)8/h1-2,4-5,7H,3,6H2,(H,10,13). The van der Waals surface area contributed by atoms with Gasteiger partial charge in [-0.1, -0.05) is 0 Å². The van der Waals surface area contributed by atoms with E-state index in [1.807, 2.05) is 16.8 Å². The molecule has 0 spiro atoms. The Hall–Kier alpha value is -1.58. The Kier molecular flexibility index (Phi) is 1.88. The molecule has 4 nitrogen and oxygen atoms in total. The summed E-state index contributed by atoms with van der Waals surface area (Å²) in [6.45, 7) is 0.541. The number of carbonyl (C=O) groups excluding carboxylic acids is 2. The van der Waals surface area contributed by atoms with Crippen LogP contribution >= 0.6 is 0 Å². The van der Waals surface area contributed by atoms with Crippen LogP contribution in [0, 0.1) is 0 Å². The number of hydrogen-bond donors (Lipinski definition) is 1. The maximum Gasteiger partial charge on any atom is 0.267 e. The van der Waals surface area contributed by atoms with E-state index < -0.39 is 0 Å². The van der Waals surface area contributed by atoms with Crippen LogP contribution in [0.5, 0.6) is 0 Å². The highest BCUT2D eigenvalue weighted by Crippen LogP contribution is 2.17. The van der Waals surface area contributed by atoms with Crippen molar-refractivity contribution in [2.75, 3.05) is 6.54 Å². The molecule has 1 N–H and O–H groups in total. The van der Waals surface area contributed by atoms with E-state index in [9.17, 15) is 9.59 Å². The number of hydrogen-bond acceptors (Lipinski definition) is 2. The van der Waals surface area contributed by atoms with Crippen LogP contribution in [0.3, 0.4) is 0 Å². The first-order chi connectivity index (χ1) is 6.33. The van der Waals surface area contributed by atoms with Crippen molar-refractivity contribution in [3.8, 4) is 0 Å². The summed E-state index contributed by atoms with van der Waals surface area (Å²) in [5.41, 5.74) is 0.637. The van der Waals surface area contributed by atoms with Crippen molar-refractivity contribution in [3.63, 3.8) is 0 Å². The second-order valence-electron chi connectivity index (χ2n) is 3.07. The fourth-order valence-electron chi connectivity index (χ4n) is 1.61. The van der Waals surface area contributed by atoms with Gasteiger partial charge in [0, 0.05) is 19.2 Å². The van der Waals surface area contributed by atoms with Crippen molar-refractivity contribution >= 4 is 12.2 Å². The minimum Gasteiger partial charge on any atom is -0.349 e. The van der Waals surface area contributed by atoms with Gasteiger partial charge in [0.1, 0.15) is 12.0 Å². The average molecular weight is 178 g/mol. The highest BCUT2D eigenvalue weighted by Gasteiger charge is 2.22. The quantitative estimate of drug-likeness (QED) is 0.665. The third-order valence-electron chi connectivity index (χ3n) is 2.27. The van der Waals surface area contributed by atoms with E-state index in [2.05, 4.69) is 5.32 Å². The van der Waals surface area contributed by atoms with Crippen molar-refractivity contribution in [3.05, 3.63) is 24.0 Å². The Morgan fingerprint density at radius 3 is 3.31 bits per heavy atom. The SMILES string of the molecule is O=CCC1CNC(=O)c2cccn21. The lowest BCUT2D eigenvalue weighted by Gasteiger charge is -2.24. The molecule has 1 aliphatic heterocycles. The van der Waals surface area contributed by atoms with Crippen LogP contribution in [0.1, 0.15) is 23.0 Å². The molecule has 0 fully saturated rings. The molecule has 0 saturated carbocycles. The van der Waals surface area contributed by atoms with Crippen molar-refractivity contribution in [1.29, 1.82) is 0 Å². The zero-order valence-electron chi connectivity index (χ0n) is 7.06. The molecule has 1 aliphatic rings. The van der Waals surface area contributed by atoms with E-state index >= 15 is 0 Å². The Morgan fingerprint density at radius 2 is 2.54 bits per heavy atom. The van der Waals surface area contributed by atoms with Gasteiger partial charge in [0.15, 0.2) is 0 Å². The zero-order chi connectivity index (χ0) is 9.26. The summed E-state index contributed by atoms with van der Waals surface area (Å²) in [6.07, 6.45) is 3.16. The first kappa shape index (κ1) is 8.04. The molecule has 0 bridgehead atoms. The molecule has 0 aromatic carbocycles. The van der Waals surface area contributed by atoms with Gasteiger partial charge in [-0.05, 0) is 12.1 Å². The summed E-state index contributed by atoms with van der Waals surface area (Å²) >= 11 is 0. The molecule has 4 heteroatoms. The first-order valence-electron chi connectivity index (χ1n) is 4.21. The topological polar surface area (TPSA) is 51.1 Å². The second kappa shape index (κ2) is 3.05. The predicted octanol–water partition coefficient (Wildman–Crippen LogP) is 0.362. The van der Waals surface area contributed by atoms with E-state index in [0.717, 1.165) is 6.29 Å². The number of nitrogens with one attached hydrogen (secondary N) is 1. The summed E-state index contributed by atoms with van der Waals surface area (Å²) in [5, 5.41) is 2.74. The summed E-state index contributed by atoms with van der Waals surface area (Å²) in [5.74, 6) is -0.0628. The van der Waals surface area contributed by atoms with E-state index in [-0.39, 0.29) is 11.9 Å². The number of nitrogens with zero attached hydrogens (tertiary/aromatic N) is 1. The monoisotopic (exact) mass is 178 g/mol. The van der Waals surface area contributed by atoms with E-state index in [1.165, 1.54) is 0 Å². The second-order valence-corrected chi connectivity index (χ2v) is 3.07. The van der Waals surface area contributed by atoms with Crippen molar-refractivity contribution in [1.82, 2.24) is 9.88 Å². The Balaban J connectivity index is 2.34. The third-order valence-corrected chi connectivity index (χ3v) is 2.27. The number of aldehydes is 1. The lowest BCUT2D eigenvalue weighted by molar-refractivity contribution is -0.108. The first-order valence-corrected chi connectivity index (χ1v) is 4.21. The number of amides is 1. The molecule has 13 heavy (non-hydrogen) atoms. The molecule has 1 aromatic rings. The van der Waals surface area contributed by atoms with Crippen LogP contribution in [0.4, 0.5) is 0 Å². The highest BCUT2D eigenvalue weighted by atomic mass is 16.2. The molecule has 1 atom stereocenters. The van der Waals surface area contributed by atoms with E-state index in [4.69, 9.17) is 0 Å². The highest BCUT2D eigenvalue weighted by molar-refractivity contribution is 5.93. The van der Waals surface area contributed by atoms with Gasteiger partial charge in [-0.3, -0.25) is 4.79 Å². The molecule has 1 unspecified atom stereocenters. The lowest BCUT2D eigenvalue weighted by atomic mass is 10.1. The molecular formula is C9H10N2O2. The fourth-order valence-corrected chi connectivity index (χ4v) is 1.61. The van der Waals surface area contributed by atoms with Gasteiger partial charge in [0.2, 0.25) is 0 Å². The lowest BCUT2D eigenvalue weighted by Crippen LogP contribution is -2.38. The molecule has 0 aliphatic carbocycles. The van der Waals surface area contributed by atoms with Crippen molar-refractivity contribution < 1.29 is 9.59 Å². The molecule has 1 amide bonds.